The van der Waals surface area contributed by atoms with Crippen molar-refractivity contribution in [2.75, 3.05) is 0 Å². The number of esters is 2. The largest absolute Gasteiger partial charge is 0.433 e. The van der Waals surface area contributed by atoms with Gasteiger partial charge >= 0.3 is 11.9 Å². The van der Waals surface area contributed by atoms with Crippen molar-refractivity contribution < 1.29 is 33.3 Å². The molecular formula is C14H22O7. The number of carbonyl (C=O) groups is 2. The van der Waals surface area contributed by atoms with Crippen molar-refractivity contribution in [1.82, 2.24) is 0 Å². The fourth-order valence-electron chi connectivity index (χ4n) is 2.16. The van der Waals surface area contributed by atoms with Gasteiger partial charge in [-0.2, -0.15) is 0 Å². The molecule has 21 heavy (non-hydrogen) atoms. The third-order valence-corrected chi connectivity index (χ3v) is 3.09. The van der Waals surface area contributed by atoms with Crippen LogP contribution in [0.3, 0.4) is 0 Å². The normalized spacial score (nSPS) is 34.4. The smallest absolute Gasteiger partial charge is 0.313 e. The van der Waals surface area contributed by atoms with Gasteiger partial charge < -0.3 is 18.9 Å². The molecule has 2 aliphatic rings. The second kappa shape index (κ2) is 5.23. The molecule has 2 saturated heterocycles. The first kappa shape index (κ1) is 16.2. The van der Waals surface area contributed by atoms with Gasteiger partial charge in [-0.1, -0.05) is 0 Å². The monoisotopic (exact) mass is 302 g/mol. The van der Waals surface area contributed by atoms with E-state index in [0.717, 1.165) is 0 Å². The van der Waals surface area contributed by atoms with E-state index in [-0.39, 0.29) is 0 Å². The van der Waals surface area contributed by atoms with Gasteiger partial charge in [-0.25, -0.2) is 0 Å². The summed E-state index contributed by atoms with van der Waals surface area (Å²) >= 11 is 0. The van der Waals surface area contributed by atoms with Crippen molar-refractivity contribution in [2.45, 2.75) is 72.1 Å². The second-order valence-electron chi connectivity index (χ2n) is 6.70. The van der Waals surface area contributed by atoms with Crippen LogP contribution in [-0.4, -0.2) is 42.5 Å². The molecular weight excluding hydrogens is 280 g/mol. The molecule has 0 aliphatic carbocycles. The van der Waals surface area contributed by atoms with Crippen molar-refractivity contribution in [1.29, 1.82) is 0 Å². The average Bonchev–Trinajstić information content (AvgIpc) is 2.73. The summed E-state index contributed by atoms with van der Waals surface area (Å²) in [4.78, 5) is 23.1. The first-order chi connectivity index (χ1) is 9.49. The summed E-state index contributed by atoms with van der Waals surface area (Å²) in [5, 5.41) is 0. The van der Waals surface area contributed by atoms with Crippen LogP contribution in [0.2, 0.25) is 0 Å². The molecule has 7 nitrogen and oxygen atoms in total. The molecule has 2 heterocycles. The highest BCUT2D eigenvalue weighted by molar-refractivity contribution is 5.75. The molecule has 0 aromatic carbocycles. The molecule has 0 radical (unpaired) electrons. The third-order valence-electron chi connectivity index (χ3n) is 3.09. The summed E-state index contributed by atoms with van der Waals surface area (Å²) in [6, 6.07) is 0. The van der Waals surface area contributed by atoms with Crippen molar-refractivity contribution >= 4 is 11.9 Å². The molecule has 2 fully saturated rings. The second-order valence-corrected chi connectivity index (χ2v) is 6.70. The highest BCUT2D eigenvalue weighted by Crippen LogP contribution is 2.40. The zero-order valence-corrected chi connectivity index (χ0v) is 13.2. The summed E-state index contributed by atoms with van der Waals surface area (Å²) in [5.41, 5.74) is -0.673. The minimum Gasteiger partial charge on any atom is -0.433 e. The van der Waals surface area contributed by atoms with E-state index in [4.69, 9.17) is 23.7 Å². The summed E-state index contributed by atoms with van der Waals surface area (Å²) in [6.07, 6.45) is -3.17. The third kappa shape index (κ3) is 3.53. The van der Waals surface area contributed by atoms with Crippen LogP contribution in [0.1, 0.15) is 41.5 Å². The van der Waals surface area contributed by atoms with Crippen LogP contribution >= 0.6 is 0 Å². The number of rotatable bonds is 2. The molecule has 0 spiro atoms. The van der Waals surface area contributed by atoms with E-state index in [2.05, 4.69) is 0 Å². The van der Waals surface area contributed by atoms with Gasteiger partial charge in [0.2, 0.25) is 12.6 Å². The molecule has 0 aromatic rings. The van der Waals surface area contributed by atoms with Gasteiger partial charge in [-0.05, 0) is 34.6 Å². The average molecular weight is 302 g/mol. The van der Waals surface area contributed by atoms with E-state index in [0.29, 0.717) is 0 Å². The summed E-state index contributed by atoms with van der Waals surface area (Å²) in [6.45, 7) is 9.95. The van der Waals surface area contributed by atoms with Crippen molar-refractivity contribution in [3.8, 4) is 0 Å². The van der Waals surface area contributed by atoms with Gasteiger partial charge in [0.1, 0.15) is 0 Å². The Morgan fingerprint density at radius 3 is 1.90 bits per heavy atom. The van der Waals surface area contributed by atoms with E-state index in [1.54, 1.807) is 34.6 Å². The number of carbonyl (C=O) groups excluding carboxylic acids is 2. The van der Waals surface area contributed by atoms with Gasteiger partial charge in [0.25, 0.3) is 0 Å². The molecule has 1 unspecified atom stereocenters. The fraction of sp³-hybridized carbons (Fsp3) is 0.857. The standard InChI is InChI=1S/C14H22O7/c1-7(15)17-10-8-9(21-14(5,6)20-8)11(18-10)19-12(16)13(2,3)4/h8-11H,1-6H3/t8-,9+,10?,11-/m0/s1. The summed E-state index contributed by atoms with van der Waals surface area (Å²) in [7, 11) is 0. The summed E-state index contributed by atoms with van der Waals surface area (Å²) in [5.74, 6) is -1.79. The quantitative estimate of drug-likeness (QED) is 0.712. The molecule has 0 N–H and O–H groups in total. The topological polar surface area (TPSA) is 80.3 Å². The number of fused-ring (bicyclic) bond motifs is 1. The minimum absolute atomic E-state index is 0.428. The molecule has 2 aliphatic heterocycles. The number of hydrogen-bond donors (Lipinski definition) is 0. The molecule has 4 atom stereocenters. The molecule has 120 valence electrons. The Kier molecular flexibility index (Phi) is 4.03. The van der Waals surface area contributed by atoms with E-state index in [9.17, 15) is 9.59 Å². The molecule has 7 heteroatoms. The highest BCUT2D eigenvalue weighted by atomic mass is 16.9. The number of ether oxygens (including phenoxy) is 5. The Balaban J connectivity index is 2.12. The SMILES string of the molecule is CC(=O)OC1O[C@@H](OC(=O)C(C)(C)C)[C@@H]2OC(C)(C)O[C@H]12. The van der Waals surface area contributed by atoms with Gasteiger partial charge in [-0.3, -0.25) is 14.3 Å². The molecule has 0 aromatic heterocycles. The summed E-state index contributed by atoms with van der Waals surface area (Å²) < 4.78 is 27.2. The molecule has 0 bridgehead atoms. The van der Waals surface area contributed by atoms with Crippen molar-refractivity contribution in [3.63, 3.8) is 0 Å². The maximum absolute atomic E-state index is 12.0. The molecule has 2 rings (SSSR count). The van der Waals surface area contributed by atoms with Gasteiger partial charge in [0.15, 0.2) is 18.0 Å². The lowest BCUT2D eigenvalue weighted by Gasteiger charge is -2.25. The molecule has 0 saturated carbocycles. The maximum Gasteiger partial charge on any atom is 0.313 e. The highest BCUT2D eigenvalue weighted by Gasteiger charge is 2.58. The lowest BCUT2D eigenvalue weighted by atomic mass is 9.97. The van der Waals surface area contributed by atoms with Crippen LogP contribution in [-0.2, 0) is 33.3 Å². The van der Waals surface area contributed by atoms with Crippen molar-refractivity contribution in [2.24, 2.45) is 5.41 Å². The van der Waals surface area contributed by atoms with Crippen molar-refractivity contribution in [3.05, 3.63) is 0 Å². The molecule has 0 amide bonds. The van der Waals surface area contributed by atoms with E-state index in [1.165, 1.54) is 6.92 Å². The Hall–Kier alpha value is -1.18. The van der Waals surface area contributed by atoms with E-state index < -0.39 is 47.9 Å². The van der Waals surface area contributed by atoms with Gasteiger partial charge in [0, 0.05) is 6.92 Å². The zero-order chi connectivity index (χ0) is 16.0. The van der Waals surface area contributed by atoms with Crippen LogP contribution < -0.4 is 0 Å². The van der Waals surface area contributed by atoms with Crippen LogP contribution in [0.15, 0.2) is 0 Å². The maximum atomic E-state index is 12.0. The first-order valence-electron chi connectivity index (χ1n) is 6.89. The fourth-order valence-corrected chi connectivity index (χ4v) is 2.16. The first-order valence-corrected chi connectivity index (χ1v) is 6.89. The van der Waals surface area contributed by atoms with Gasteiger partial charge in [-0.15, -0.1) is 0 Å². The zero-order valence-electron chi connectivity index (χ0n) is 13.2. The lowest BCUT2D eigenvalue weighted by molar-refractivity contribution is -0.267. The van der Waals surface area contributed by atoms with Gasteiger partial charge in [0.05, 0.1) is 5.41 Å². The van der Waals surface area contributed by atoms with Crippen LogP contribution in [0.25, 0.3) is 0 Å². The predicted molar refractivity (Wildman–Crippen MR) is 69.8 cm³/mol. The Labute approximate surface area is 123 Å². The van der Waals surface area contributed by atoms with Crippen LogP contribution in [0, 0.1) is 5.41 Å². The van der Waals surface area contributed by atoms with E-state index >= 15 is 0 Å². The lowest BCUT2D eigenvalue weighted by Crippen LogP contribution is -2.36. The predicted octanol–water partition coefficient (Wildman–Crippen LogP) is 1.34. The minimum atomic E-state index is -0.965. The van der Waals surface area contributed by atoms with Crippen LogP contribution in [0.5, 0.6) is 0 Å². The Morgan fingerprint density at radius 1 is 1.00 bits per heavy atom. The van der Waals surface area contributed by atoms with Crippen LogP contribution in [0.4, 0.5) is 0 Å². The Bertz CT molecular complexity index is 437. The Morgan fingerprint density at radius 2 is 1.48 bits per heavy atom. The van der Waals surface area contributed by atoms with E-state index in [1.807, 2.05) is 0 Å². The number of hydrogen-bond acceptors (Lipinski definition) is 7.